The van der Waals surface area contributed by atoms with Crippen molar-refractivity contribution in [2.75, 3.05) is 4.90 Å². The predicted molar refractivity (Wildman–Crippen MR) is 226 cm³/mol. The lowest BCUT2D eigenvalue weighted by atomic mass is 9.98. The Kier molecular flexibility index (Phi) is 12.4. The summed E-state index contributed by atoms with van der Waals surface area (Å²) in [6.07, 6.45) is 49.4. The van der Waals surface area contributed by atoms with Gasteiger partial charge < -0.3 is 9.80 Å². The van der Waals surface area contributed by atoms with Crippen molar-refractivity contribution in [3.05, 3.63) is 227 Å². The minimum Gasteiger partial charge on any atom is -0.314 e. The summed E-state index contributed by atoms with van der Waals surface area (Å²) in [5.41, 5.74) is 11.8. The Hall–Kier alpha value is -5.86. The van der Waals surface area contributed by atoms with Gasteiger partial charge in [0.25, 0.3) is 0 Å². The summed E-state index contributed by atoms with van der Waals surface area (Å²) in [5.74, 6) is 0. The average molecular weight is 679 g/mol. The Morgan fingerprint density at radius 1 is 0.731 bits per heavy atom. The molecule has 0 saturated carbocycles. The second-order valence-electron chi connectivity index (χ2n) is 13.1. The van der Waals surface area contributed by atoms with E-state index >= 15 is 0 Å². The number of nitrogens with zero attached hydrogens (tertiary/aromatic N) is 2. The minimum atomic E-state index is 0.799. The van der Waals surface area contributed by atoms with Crippen LogP contribution in [0.1, 0.15) is 57.9 Å². The number of anilines is 1. The molecule has 0 aromatic heterocycles. The molecule has 4 aliphatic carbocycles. The summed E-state index contributed by atoms with van der Waals surface area (Å²) in [4.78, 5) is 4.81. The monoisotopic (exact) mass is 678 g/mol. The first-order valence-corrected chi connectivity index (χ1v) is 18.6. The Balaban J connectivity index is 1.40. The molecule has 0 bridgehead atoms. The molecule has 4 aliphatic rings. The Bertz CT molecular complexity index is 2170. The van der Waals surface area contributed by atoms with Crippen LogP contribution in [0.25, 0.3) is 17.3 Å². The molecule has 0 N–H and O–H groups in total. The maximum atomic E-state index is 4.24. The maximum Gasteiger partial charge on any atom is 0.0490 e. The largest absolute Gasteiger partial charge is 0.314 e. The molecule has 0 unspecified atom stereocenters. The molecule has 260 valence electrons. The highest BCUT2D eigenvalue weighted by Gasteiger charge is 2.21. The van der Waals surface area contributed by atoms with Crippen LogP contribution < -0.4 is 15.3 Å². The zero-order chi connectivity index (χ0) is 36.1. The Labute approximate surface area is 311 Å². The molecule has 2 aromatic rings. The molecule has 0 heterocycles. The van der Waals surface area contributed by atoms with Gasteiger partial charge in [0.1, 0.15) is 0 Å². The van der Waals surface area contributed by atoms with Crippen LogP contribution in [0.15, 0.2) is 211 Å². The summed E-state index contributed by atoms with van der Waals surface area (Å²) in [6, 6.07) is 17.7. The smallest absolute Gasteiger partial charge is 0.0490 e. The van der Waals surface area contributed by atoms with Gasteiger partial charge in [0.05, 0.1) is 0 Å². The highest BCUT2D eigenvalue weighted by atomic mass is 15.2. The Morgan fingerprint density at radius 2 is 1.46 bits per heavy atom. The maximum absolute atomic E-state index is 4.24. The first-order chi connectivity index (χ1) is 25.6. The quantitative estimate of drug-likeness (QED) is 0.247. The van der Waals surface area contributed by atoms with E-state index in [2.05, 4.69) is 195 Å². The molecule has 0 radical (unpaired) electrons. The summed E-state index contributed by atoms with van der Waals surface area (Å²) >= 11 is 0. The van der Waals surface area contributed by atoms with Crippen molar-refractivity contribution in [3.8, 4) is 0 Å². The Morgan fingerprint density at radius 3 is 2.21 bits per heavy atom. The van der Waals surface area contributed by atoms with Crippen molar-refractivity contribution < 1.29 is 0 Å². The minimum absolute atomic E-state index is 0.799. The second-order valence-corrected chi connectivity index (χ2v) is 13.1. The molecule has 0 atom stereocenters. The number of rotatable bonds is 10. The summed E-state index contributed by atoms with van der Waals surface area (Å²) < 4.78 is 0. The molecule has 2 aromatic carbocycles. The van der Waals surface area contributed by atoms with E-state index in [9.17, 15) is 0 Å². The first-order valence-electron chi connectivity index (χ1n) is 18.6. The molecular formula is C50H50N2. The summed E-state index contributed by atoms with van der Waals surface area (Å²) in [6.45, 7) is 12.7. The number of hydrogen-bond acceptors (Lipinski definition) is 2. The fraction of sp³-hybridized carbons (Fsp3) is 0.160. The van der Waals surface area contributed by atoms with Crippen LogP contribution in [-0.2, 0) is 0 Å². The highest BCUT2D eigenvalue weighted by Crippen LogP contribution is 2.34. The molecular weight excluding hydrogens is 629 g/mol. The third-order valence-electron chi connectivity index (χ3n) is 9.67. The SMILES string of the molecule is C=C/C1=C(\N(C2=CCC=CC=C2)C2=CC=C(c3ccc(N(C4=CCC=CC=C4)/C(C)=c4\cccc\c4=C\CC)cc3)C=CC2)C=CC/C=C(/C=C)C1. The summed E-state index contributed by atoms with van der Waals surface area (Å²) in [7, 11) is 0. The zero-order valence-corrected chi connectivity index (χ0v) is 30.7. The number of hydrogen-bond donors (Lipinski definition) is 0. The van der Waals surface area contributed by atoms with Crippen molar-refractivity contribution in [3.63, 3.8) is 0 Å². The molecule has 0 aliphatic heterocycles. The molecule has 6 rings (SSSR count). The van der Waals surface area contributed by atoms with E-state index in [4.69, 9.17) is 0 Å². The predicted octanol–water partition coefficient (Wildman–Crippen LogP) is 11.7. The van der Waals surface area contributed by atoms with Crippen molar-refractivity contribution >= 4 is 23.0 Å². The molecule has 0 spiro atoms. The van der Waals surface area contributed by atoms with E-state index < -0.39 is 0 Å². The third kappa shape index (κ3) is 8.53. The summed E-state index contributed by atoms with van der Waals surface area (Å²) in [5, 5.41) is 2.51. The van der Waals surface area contributed by atoms with Crippen LogP contribution in [0, 0.1) is 0 Å². The van der Waals surface area contributed by atoms with Gasteiger partial charge in [-0.05, 0) is 103 Å². The van der Waals surface area contributed by atoms with Crippen LogP contribution in [0.2, 0.25) is 0 Å². The van der Waals surface area contributed by atoms with Gasteiger partial charge in [-0.25, -0.2) is 0 Å². The van der Waals surface area contributed by atoms with Gasteiger partial charge >= 0.3 is 0 Å². The van der Waals surface area contributed by atoms with Gasteiger partial charge in [-0.1, -0.05) is 154 Å². The van der Waals surface area contributed by atoms with E-state index in [1.165, 1.54) is 49.8 Å². The normalized spacial score (nSPS) is 20.5. The van der Waals surface area contributed by atoms with Gasteiger partial charge in [0.15, 0.2) is 0 Å². The van der Waals surface area contributed by atoms with Crippen molar-refractivity contribution in [2.45, 2.75) is 52.4 Å². The lowest BCUT2D eigenvalue weighted by Gasteiger charge is -2.31. The van der Waals surface area contributed by atoms with E-state index in [0.717, 1.165) is 55.6 Å². The molecule has 0 amide bonds. The van der Waals surface area contributed by atoms with Crippen molar-refractivity contribution in [2.24, 2.45) is 0 Å². The van der Waals surface area contributed by atoms with Crippen LogP contribution >= 0.6 is 0 Å². The van der Waals surface area contributed by atoms with Crippen LogP contribution in [0.4, 0.5) is 5.69 Å². The lowest BCUT2D eigenvalue weighted by molar-refractivity contribution is 0.539. The van der Waals surface area contributed by atoms with Gasteiger partial charge in [0, 0.05) is 45.8 Å². The van der Waals surface area contributed by atoms with E-state index in [0.29, 0.717) is 0 Å². The fourth-order valence-corrected chi connectivity index (χ4v) is 7.03. The standard InChI is InChI=1S/C50H50N2/c1-5-21-44-23-17-18-30-49(44)39(4)51(45-25-12-8-9-13-26-45)48-36-33-43(34-37-48)42-24-20-29-47(35-32-42)52(46-27-14-10-11-15-28-46)50-31-19-16-22-40(6-2)38-41(50)7-3/h6-12,14,17-28,30-37H,2-3,5,13,15-16,29,38H2,1,4H3/b31-19?,40-22-,44-21-,49-39+,50-41+. The lowest BCUT2D eigenvalue weighted by Crippen LogP contribution is -2.33. The van der Waals surface area contributed by atoms with Gasteiger partial charge in [0.2, 0.25) is 0 Å². The molecule has 0 fully saturated rings. The van der Waals surface area contributed by atoms with Crippen molar-refractivity contribution in [1.82, 2.24) is 4.90 Å². The topological polar surface area (TPSA) is 6.48 Å². The van der Waals surface area contributed by atoms with Crippen molar-refractivity contribution in [1.29, 1.82) is 0 Å². The molecule has 0 saturated heterocycles. The highest BCUT2D eigenvalue weighted by molar-refractivity contribution is 5.79. The van der Waals surface area contributed by atoms with Gasteiger partial charge in [-0.15, -0.1) is 0 Å². The molecule has 2 heteroatoms. The molecule has 2 nitrogen and oxygen atoms in total. The first kappa shape index (κ1) is 35.9. The van der Waals surface area contributed by atoms with Crippen LogP contribution in [0.5, 0.6) is 0 Å². The zero-order valence-electron chi connectivity index (χ0n) is 30.7. The number of allylic oxidation sites excluding steroid dienone is 22. The van der Waals surface area contributed by atoms with Gasteiger partial charge in [-0.3, -0.25) is 0 Å². The van der Waals surface area contributed by atoms with E-state index in [1.54, 1.807) is 0 Å². The average Bonchev–Trinajstić information content (AvgIpc) is 3.70. The molecule has 52 heavy (non-hydrogen) atoms. The second kappa shape index (κ2) is 17.9. The van der Waals surface area contributed by atoms with Crippen LogP contribution in [-0.4, -0.2) is 4.90 Å². The third-order valence-corrected chi connectivity index (χ3v) is 9.67. The number of benzene rings is 2. The van der Waals surface area contributed by atoms with Crippen LogP contribution in [0.3, 0.4) is 0 Å². The van der Waals surface area contributed by atoms with Gasteiger partial charge in [-0.2, -0.15) is 0 Å². The van der Waals surface area contributed by atoms with E-state index in [1.807, 2.05) is 12.2 Å². The van der Waals surface area contributed by atoms with E-state index in [-0.39, 0.29) is 0 Å². The fourth-order valence-electron chi connectivity index (χ4n) is 7.03.